The lowest BCUT2D eigenvalue weighted by molar-refractivity contribution is -0.146. The number of carboxylic acids is 1. The van der Waals surface area contributed by atoms with Gasteiger partial charge in [-0.2, -0.15) is 0 Å². The van der Waals surface area contributed by atoms with Crippen LogP contribution in [0.4, 0.5) is 0 Å². The van der Waals surface area contributed by atoms with Crippen molar-refractivity contribution in [3.63, 3.8) is 0 Å². The molecule has 2 aromatic rings. The molecule has 0 saturated heterocycles. The van der Waals surface area contributed by atoms with E-state index in [4.69, 9.17) is 10.8 Å². The van der Waals surface area contributed by atoms with E-state index in [0.717, 1.165) is 11.3 Å². The monoisotopic (exact) mass is 274 g/mol. The zero-order valence-corrected chi connectivity index (χ0v) is 11.8. The van der Waals surface area contributed by atoms with Crippen LogP contribution >= 0.6 is 0 Å². The van der Waals surface area contributed by atoms with Crippen molar-refractivity contribution in [2.24, 2.45) is 16.1 Å². The van der Waals surface area contributed by atoms with Crippen LogP contribution in [0.5, 0.6) is 0 Å². The maximum atomic E-state index is 11.1. The molecule has 0 aliphatic rings. The van der Waals surface area contributed by atoms with Crippen molar-refractivity contribution in [1.82, 2.24) is 9.38 Å². The Morgan fingerprint density at radius 3 is 2.85 bits per heavy atom. The van der Waals surface area contributed by atoms with Gasteiger partial charge in [0.2, 0.25) is 0 Å². The Morgan fingerprint density at radius 2 is 2.20 bits per heavy atom. The van der Waals surface area contributed by atoms with Gasteiger partial charge in [0.1, 0.15) is 17.2 Å². The Hall–Kier alpha value is -2.37. The van der Waals surface area contributed by atoms with Crippen LogP contribution in [0.2, 0.25) is 0 Å². The topological polar surface area (TPSA) is 93.0 Å². The summed E-state index contributed by atoms with van der Waals surface area (Å²) < 4.78 is 1.85. The molecule has 0 aliphatic heterocycles. The molecule has 0 atom stereocenters. The number of pyridine rings is 1. The molecular weight excluding hydrogens is 256 g/mol. The predicted molar refractivity (Wildman–Crippen MR) is 76.9 cm³/mol. The number of carbonyl (C=O) groups is 1. The summed E-state index contributed by atoms with van der Waals surface area (Å²) in [6.45, 7) is 5.21. The summed E-state index contributed by atoms with van der Waals surface area (Å²) in [5.74, 6) is -0.598. The number of rotatable bonds is 4. The standard InChI is InChI=1S/C14H18N4O2/c1-9-11(18-7-5-4-6-10(18)17-9)12(15)16-8-14(2,3)13(19)20/h4-7H,8H2,1-3H3,(H2,15,16)(H,19,20). The Balaban J connectivity index is 2.39. The second-order valence-corrected chi connectivity index (χ2v) is 5.37. The Labute approximate surface area is 117 Å². The van der Waals surface area contributed by atoms with Gasteiger partial charge in [0.05, 0.1) is 17.7 Å². The molecule has 0 radical (unpaired) electrons. The van der Waals surface area contributed by atoms with Gasteiger partial charge in [0.15, 0.2) is 0 Å². The van der Waals surface area contributed by atoms with E-state index in [1.165, 1.54) is 0 Å². The highest BCUT2D eigenvalue weighted by molar-refractivity contribution is 5.98. The number of aliphatic imine (C=N–C) groups is 1. The molecule has 106 valence electrons. The summed E-state index contributed by atoms with van der Waals surface area (Å²) in [6, 6.07) is 5.66. The van der Waals surface area contributed by atoms with Crippen molar-refractivity contribution in [1.29, 1.82) is 0 Å². The van der Waals surface area contributed by atoms with Gasteiger partial charge in [-0.05, 0) is 32.9 Å². The van der Waals surface area contributed by atoms with E-state index in [0.29, 0.717) is 11.5 Å². The minimum atomic E-state index is -0.945. The molecule has 6 heteroatoms. The van der Waals surface area contributed by atoms with Crippen LogP contribution < -0.4 is 5.73 Å². The van der Waals surface area contributed by atoms with Crippen molar-refractivity contribution in [3.8, 4) is 0 Å². The van der Waals surface area contributed by atoms with E-state index < -0.39 is 11.4 Å². The number of aliphatic carboxylic acids is 1. The fourth-order valence-corrected chi connectivity index (χ4v) is 1.85. The molecular formula is C14H18N4O2. The highest BCUT2D eigenvalue weighted by atomic mass is 16.4. The number of hydrogen-bond donors (Lipinski definition) is 2. The minimum absolute atomic E-state index is 0.119. The SMILES string of the molecule is Cc1nc2ccccn2c1C(N)=NCC(C)(C)C(=O)O. The largest absolute Gasteiger partial charge is 0.481 e. The van der Waals surface area contributed by atoms with E-state index >= 15 is 0 Å². The summed E-state index contributed by atoms with van der Waals surface area (Å²) in [5, 5.41) is 9.08. The molecule has 0 saturated carbocycles. The fourth-order valence-electron chi connectivity index (χ4n) is 1.85. The van der Waals surface area contributed by atoms with Gasteiger partial charge in [-0.25, -0.2) is 4.98 Å². The molecule has 0 aliphatic carbocycles. The van der Waals surface area contributed by atoms with Crippen LogP contribution in [0.1, 0.15) is 25.2 Å². The fraction of sp³-hybridized carbons (Fsp3) is 0.357. The van der Waals surface area contributed by atoms with E-state index in [-0.39, 0.29) is 6.54 Å². The number of carboxylic acid groups (broad SMARTS) is 1. The highest BCUT2D eigenvalue weighted by Crippen LogP contribution is 2.17. The number of imidazole rings is 1. The molecule has 2 heterocycles. The van der Waals surface area contributed by atoms with Gasteiger partial charge < -0.3 is 10.8 Å². The molecule has 0 spiro atoms. The number of hydrogen-bond acceptors (Lipinski definition) is 3. The Kier molecular flexibility index (Phi) is 3.48. The van der Waals surface area contributed by atoms with Crippen LogP contribution in [0.3, 0.4) is 0 Å². The number of aromatic nitrogens is 2. The van der Waals surface area contributed by atoms with Crippen molar-refractivity contribution < 1.29 is 9.90 Å². The average Bonchev–Trinajstić information content (AvgIpc) is 2.71. The van der Waals surface area contributed by atoms with Crippen LogP contribution in [0, 0.1) is 12.3 Å². The molecule has 0 amide bonds. The van der Waals surface area contributed by atoms with Crippen molar-refractivity contribution in [2.75, 3.05) is 6.54 Å². The van der Waals surface area contributed by atoms with Crippen molar-refractivity contribution in [3.05, 3.63) is 35.8 Å². The number of nitrogens with two attached hydrogens (primary N) is 1. The second-order valence-electron chi connectivity index (χ2n) is 5.37. The highest BCUT2D eigenvalue weighted by Gasteiger charge is 2.27. The van der Waals surface area contributed by atoms with E-state index in [2.05, 4.69) is 9.98 Å². The molecule has 2 aromatic heterocycles. The Morgan fingerprint density at radius 1 is 1.50 bits per heavy atom. The average molecular weight is 274 g/mol. The lowest BCUT2D eigenvalue weighted by atomic mass is 9.94. The third-order valence-corrected chi connectivity index (χ3v) is 3.17. The van der Waals surface area contributed by atoms with Gasteiger partial charge >= 0.3 is 5.97 Å². The van der Waals surface area contributed by atoms with E-state index in [1.54, 1.807) is 13.8 Å². The van der Waals surface area contributed by atoms with Crippen molar-refractivity contribution >= 4 is 17.5 Å². The zero-order valence-electron chi connectivity index (χ0n) is 11.8. The molecule has 6 nitrogen and oxygen atoms in total. The number of nitrogens with zero attached hydrogens (tertiary/aromatic N) is 3. The molecule has 0 fully saturated rings. The van der Waals surface area contributed by atoms with Crippen LogP contribution in [0.15, 0.2) is 29.4 Å². The van der Waals surface area contributed by atoms with Gasteiger partial charge in [-0.1, -0.05) is 6.07 Å². The van der Waals surface area contributed by atoms with E-state index in [9.17, 15) is 4.79 Å². The summed E-state index contributed by atoms with van der Waals surface area (Å²) in [6.07, 6.45) is 1.86. The molecule has 0 bridgehead atoms. The van der Waals surface area contributed by atoms with Gasteiger partial charge in [-0.15, -0.1) is 0 Å². The van der Waals surface area contributed by atoms with Crippen LogP contribution in [-0.4, -0.2) is 32.8 Å². The number of amidine groups is 1. The van der Waals surface area contributed by atoms with Gasteiger partial charge in [-0.3, -0.25) is 14.2 Å². The normalized spacial score (nSPS) is 12.8. The first-order chi connectivity index (χ1) is 9.33. The van der Waals surface area contributed by atoms with Crippen LogP contribution in [0.25, 0.3) is 5.65 Å². The molecule has 0 aromatic carbocycles. The molecule has 3 N–H and O–H groups in total. The third-order valence-electron chi connectivity index (χ3n) is 3.17. The van der Waals surface area contributed by atoms with Gasteiger partial charge in [0.25, 0.3) is 0 Å². The molecule has 0 unspecified atom stereocenters. The summed E-state index contributed by atoms with van der Waals surface area (Å²) in [7, 11) is 0. The van der Waals surface area contributed by atoms with Gasteiger partial charge in [0, 0.05) is 6.20 Å². The number of aryl methyl sites for hydroxylation is 1. The maximum absolute atomic E-state index is 11.1. The smallest absolute Gasteiger partial charge is 0.310 e. The Bertz CT molecular complexity index is 686. The van der Waals surface area contributed by atoms with Crippen LogP contribution in [-0.2, 0) is 4.79 Å². The predicted octanol–water partition coefficient (Wildman–Crippen LogP) is 1.46. The quantitative estimate of drug-likeness (QED) is 0.652. The summed E-state index contributed by atoms with van der Waals surface area (Å²) in [4.78, 5) is 19.7. The lowest BCUT2D eigenvalue weighted by Gasteiger charge is -2.16. The van der Waals surface area contributed by atoms with E-state index in [1.807, 2.05) is 35.7 Å². The first-order valence-electron chi connectivity index (χ1n) is 6.30. The minimum Gasteiger partial charge on any atom is -0.481 e. The lowest BCUT2D eigenvalue weighted by Crippen LogP contribution is -2.29. The van der Waals surface area contributed by atoms with Crippen molar-refractivity contribution in [2.45, 2.75) is 20.8 Å². The summed E-state index contributed by atoms with van der Waals surface area (Å²) >= 11 is 0. The number of fused-ring (bicyclic) bond motifs is 1. The first-order valence-corrected chi connectivity index (χ1v) is 6.30. The first kappa shape index (κ1) is 14.0. The maximum Gasteiger partial charge on any atom is 0.310 e. The molecule has 20 heavy (non-hydrogen) atoms. The second kappa shape index (κ2) is 4.96. The zero-order chi connectivity index (χ0) is 14.9. The summed E-state index contributed by atoms with van der Waals surface area (Å²) in [5.41, 5.74) is 7.33. The third kappa shape index (κ3) is 2.49. The molecule has 2 rings (SSSR count).